The Labute approximate surface area is 101 Å². The number of nitrogens with one attached hydrogen (secondary N) is 1. The van der Waals surface area contributed by atoms with E-state index in [0.717, 1.165) is 44.4 Å². The predicted octanol–water partition coefficient (Wildman–Crippen LogP) is 3.12. The maximum Gasteiger partial charge on any atom is 0.162 e. The largest absolute Gasteiger partial charge is 0.493 e. The second-order valence-corrected chi connectivity index (χ2v) is 3.94. The quantitative estimate of drug-likeness (QED) is 0.708. The van der Waals surface area contributed by atoms with Gasteiger partial charge in [0.1, 0.15) is 5.75 Å². The average Bonchev–Trinajstić information content (AvgIpc) is 2.32. The molecular formula is C13H19F2NO. The summed E-state index contributed by atoms with van der Waals surface area (Å²) in [4.78, 5) is 0. The number of benzene rings is 1. The van der Waals surface area contributed by atoms with Crippen molar-refractivity contribution >= 4 is 0 Å². The van der Waals surface area contributed by atoms with E-state index in [1.807, 2.05) is 7.05 Å². The van der Waals surface area contributed by atoms with E-state index in [-0.39, 0.29) is 0 Å². The zero-order valence-electron chi connectivity index (χ0n) is 10.1. The molecule has 0 aliphatic rings. The van der Waals surface area contributed by atoms with Crippen LogP contribution < -0.4 is 10.1 Å². The molecule has 0 aromatic heterocycles. The molecule has 0 spiro atoms. The minimum Gasteiger partial charge on any atom is -0.493 e. The van der Waals surface area contributed by atoms with Gasteiger partial charge in [-0.25, -0.2) is 8.78 Å². The van der Waals surface area contributed by atoms with Gasteiger partial charge in [0.25, 0.3) is 0 Å². The highest BCUT2D eigenvalue weighted by atomic mass is 19.2. The highest BCUT2D eigenvalue weighted by Gasteiger charge is 2.02. The maximum atomic E-state index is 12.8. The highest BCUT2D eigenvalue weighted by molar-refractivity contribution is 5.23. The second-order valence-electron chi connectivity index (χ2n) is 3.94. The molecule has 1 aromatic carbocycles. The van der Waals surface area contributed by atoms with Gasteiger partial charge >= 0.3 is 0 Å². The van der Waals surface area contributed by atoms with Crippen molar-refractivity contribution < 1.29 is 13.5 Å². The van der Waals surface area contributed by atoms with Gasteiger partial charge in [0.2, 0.25) is 0 Å². The molecule has 0 aliphatic heterocycles. The van der Waals surface area contributed by atoms with Gasteiger partial charge < -0.3 is 10.1 Å². The van der Waals surface area contributed by atoms with Gasteiger partial charge in [0, 0.05) is 6.07 Å². The third-order valence-electron chi connectivity index (χ3n) is 2.48. The van der Waals surface area contributed by atoms with Crippen molar-refractivity contribution in [2.75, 3.05) is 20.2 Å². The van der Waals surface area contributed by atoms with Crippen LogP contribution in [0.25, 0.3) is 0 Å². The number of hydrogen-bond donors (Lipinski definition) is 1. The highest BCUT2D eigenvalue weighted by Crippen LogP contribution is 2.15. The van der Waals surface area contributed by atoms with Crippen molar-refractivity contribution in [1.29, 1.82) is 0 Å². The summed E-state index contributed by atoms with van der Waals surface area (Å²) < 4.78 is 30.8. The molecule has 0 aliphatic carbocycles. The van der Waals surface area contributed by atoms with Crippen molar-refractivity contribution in [2.45, 2.75) is 25.7 Å². The Morgan fingerprint density at radius 1 is 1.06 bits per heavy atom. The summed E-state index contributed by atoms with van der Waals surface area (Å²) in [7, 11) is 1.94. The van der Waals surface area contributed by atoms with Crippen molar-refractivity contribution in [3.63, 3.8) is 0 Å². The molecule has 0 atom stereocenters. The number of rotatable bonds is 8. The smallest absolute Gasteiger partial charge is 0.162 e. The van der Waals surface area contributed by atoms with Crippen LogP contribution in [0.3, 0.4) is 0 Å². The van der Waals surface area contributed by atoms with Crippen LogP contribution in [0.4, 0.5) is 8.78 Å². The maximum absolute atomic E-state index is 12.8. The molecule has 17 heavy (non-hydrogen) atoms. The predicted molar refractivity (Wildman–Crippen MR) is 64.2 cm³/mol. The van der Waals surface area contributed by atoms with Gasteiger partial charge in [-0.15, -0.1) is 0 Å². The third-order valence-corrected chi connectivity index (χ3v) is 2.48. The van der Waals surface area contributed by atoms with Crippen LogP contribution in [0.15, 0.2) is 18.2 Å². The van der Waals surface area contributed by atoms with E-state index in [1.54, 1.807) is 0 Å². The lowest BCUT2D eigenvalue weighted by Gasteiger charge is -2.06. The van der Waals surface area contributed by atoms with Gasteiger partial charge in [-0.2, -0.15) is 0 Å². The fourth-order valence-corrected chi connectivity index (χ4v) is 1.51. The van der Waals surface area contributed by atoms with Gasteiger partial charge in [0.05, 0.1) is 6.61 Å². The SMILES string of the molecule is CNCCCCCCOc1ccc(F)c(F)c1. The Bertz CT molecular complexity index is 331. The minimum atomic E-state index is -0.864. The molecule has 1 rings (SSSR count). The lowest BCUT2D eigenvalue weighted by molar-refractivity contribution is 0.302. The van der Waals surface area contributed by atoms with Crippen LogP contribution in [0, 0.1) is 11.6 Å². The van der Waals surface area contributed by atoms with Crippen LogP contribution in [0.1, 0.15) is 25.7 Å². The first-order valence-electron chi connectivity index (χ1n) is 5.96. The molecule has 0 radical (unpaired) electrons. The molecule has 96 valence electrons. The minimum absolute atomic E-state index is 0.388. The van der Waals surface area contributed by atoms with E-state index >= 15 is 0 Å². The van der Waals surface area contributed by atoms with Crippen LogP contribution >= 0.6 is 0 Å². The van der Waals surface area contributed by atoms with Gasteiger partial charge in [-0.05, 0) is 38.6 Å². The standard InChI is InChI=1S/C13H19F2NO/c1-16-8-4-2-3-5-9-17-11-6-7-12(14)13(15)10-11/h6-7,10,16H,2-5,8-9H2,1H3. The van der Waals surface area contributed by atoms with Gasteiger partial charge in [0.15, 0.2) is 11.6 Å². The second kappa shape index (κ2) is 8.01. The van der Waals surface area contributed by atoms with Crippen molar-refractivity contribution in [1.82, 2.24) is 5.32 Å². The van der Waals surface area contributed by atoms with E-state index in [4.69, 9.17) is 4.74 Å². The molecular weight excluding hydrogens is 224 g/mol. The Balaban J connectivity index is 2.11. The topological polar surface area (TPSA) is 21.3 Å². The van der Waals surface area contributed by atoms with Crippen LogP contribution in [0.2, 0.25) is 0 Å². The summed E-state index contributed by atoms with van der Waals surface area (Å²) in [6, 6.07) is 3.60. The van der Waals surface area contributed by atoms with Crippen molar-refractivity contribution in [3.8, 4) is 5.75 Å². The molecule has 0 unspecified atom stereocenters. The summed E-state index contributed by atoms with van der Waals surface area (Å²) >= 11 is 0. The fourth-order valence-electron chi connectivity index (χ4n) is 1.51. The number of ether oxygens (including phenoxy) is 1. The molecule has 2 nitrogen and oxygen atoms in total. The van der Waals surface area contributed by atoms with E-state index < -0.39 is 11.6 Å². The Kier molecular flexibility index (Phi) is 6.55. The number of hydrogen-bond acceptors (Lipinski definition) is 2. The lowest BCUT2D eigenvalue weighted by Crippen LogP contribution is -2.07. The normalized spacial score (nSPS) is 10.5. The molecule has 0 saturated heterocycles. The summed E-state index contributed by atoms with van der Waals surface area (Å²) in [5.41, 5.74) is 0. The van der Waals surface area contributed by atoms with E-state index in [9.17, 15) is 8.78 Å². The monoisotopic (exact) mass is 243 g/mol. The van der Waals surface area contributed by atoms with Crippen LogP contribution in [0.5, 0.6) is 5.75 Å². The summed E-state index contributed by atoms with van der Waals surface area (Å²) in [6.45, 7) is 1.58. The van der Waals surface area contributed by atoms with Gasteiger partial charge in [-0.1, -0.05) is 12.8 Å². The first-order valence-corrected chi connectivity index (χ1v) is 5.96. The summed E-state index contributed by atoms with van der Waals surface area (Å²) in [5.74, 6) is -1.32. The molecule has 1 N–H and O–H groups in total. The lowest BCUT2D eigenvalue weighted by atomic mass is 10.2. The Morgan fingerprint density at radius 2 is 1.82 bits per heavy atom. The summed E-state index contributed by atoms with van der Waals surface area (Å²) in [6.07, 6.45) is 4.33. The van der Waals surface area contributed by atoms with Crippen molar-refractivity contribution in [3.05, 3.63) is 29.8 Å². The first kappa shape index (κ1) is 13.9. The zero-order chi connectivity index (χ0) is 12.5. The Hall–Kier alpha value is -1.16. The zero-order valence-corrected chi connectivity index (χ0v) is 10.1. The van der Waals surface area contributed by atoms with Gasteiger partial charge in [-0.3, -0.25) is 0 Å². The Morgan fingerprint density at radius 3 is 2.53 bits per heavy atom. The molecule has 0 heterocycles. The van der Waals surface area contributed by atoms with Crippen LogP contribution in [-0.4, -0.2) is 20.2 Å². The molecule has 0 amide bonds. The van der Waals surface area contributed by atoms with E-state index in [0.29, 0.717) is 12.4 Å². The van der Waals surface area contributed by atoms with Crippen LogP contribution in [-0.2, 0) is 0 Å². The number of halogens is 2. The average molecular weight is 243 g/mol. The molecule has 0 bridgehead atoms. The molecule has 4 heteroatoms. The fraction of sp³-hybridized carbons (Fsp3) is 0.538. The first-order chi connectivity index (χ1) is 8.24. The molecule has 0 fully saturated rings. The van der Waals surface area contributed by atoms with E-state index in [1.165, 1.54) is 6.07 Å². The van der Waals surface area contributed by atoms with E-state index in [2.05, 4.69) is 5.32 Å². The summed E-state index contributed by atoms with van der Waals surface area (Å²) in [5, 5.41) is 3.09. The van der Waals surface area contributed by atoms with Crippen molar-refractivity contribution in [2.24, 2.45) is 0 Å². The third kappa shape index (κ3) is 5.63. The molecule has 1 aromatic rings. The molecule has 0 saturated carbocycles. The number of unbranched alkanes of at least 4 members (excludes halogenated alkanes) is 3.